The number of aryl methyl sites for hydroxylation is 1. The number of nitrogens with zero attached hydrogens (tertiary/aromatic N) is 2. The number of halogens is 1. The van der Waals surface area contributed by atoms with Gasteiger partial charge in [-0.2, -0.15) is 0 Å². The summed E-state index contributed by atoms with van der Waals surface area (Å²) in [5, 5.41) is 10.8. The Labute approximate surface area is 155 Å². The van der Waals surface area contributed by atoms with Crippen molar-refractivity contribution in [2.24, 2.45) is 0 Å². The van der Waals surface area contributed by atoms with Crippen molar-refractivity contribution in [3.05, 3.63) is 87.5 Å². The molecule has 1 aromatic heterocycles. The predicted octanol–water partition coefficient (Wildman–Crippen LogP) is 4.40. The van der Waals surface area contributed by atoms with Gasteiger partial charge in [0, 0.05) is 28.7 Å². The fourth-order valence-electron chi connectivity index (χ4n) is 2.97. The fraction of sp³-hybridized carbons (Fsp3) is 0.150. The van der Waals surface area contributed by atoms with Crippen LogP contribution < -0.4 is 4.74 Å². The molecule has 3 rings (SSSR count). The molecule has 0 radical (unpaired) electrons. The number of benzene rings is 2. The van der Waals surface area contributed by atoms with Gasteiger partial charge < -0.3 is 9.30 Å². The molecule has 0 unspecified atom stereocenters. The summed E-state index contributed by atoms with van der Waals surface area (Å²) >= 11 is 0. The van der Waals surface area contributed by atoms with Crippen LogP contribution >= 0.6 is 0 Å². The van der Waals surface area contributed by atoms with Crippen LogP contribution in [-0.4, -0.2) is 21.9 Å². The number of nitro groups is 1. The lowest BCUT2D eigenvalue weighted by molar-refractivity contribution is -0.384. The van der Waals surface area contributed by atoms with Gasteiger partial charge in [0.1, 0.15) is 11.6 Å². The van der Waals surface area contributed by atoms with E-state index in [1.165, 1.54) is 30.3 Å². The van der Waals surface area contributed by atoms with E-state index in [0.29, 0.717) is 16.9 Å². The number of carbonyl (C=O) groups excluding carboxylic acids is 1. The highest BCUT2D eigenvalue weighted by Gasteiger charge is 2.18. The summed E-state index contributed by atoms with van der Waals surface area (Å²) < 4.78 is 20.7. The lowest BCUT2D eigenvalue weighted by Gasteiger charge is -2.10. The van der Waals surface area contributed by atoms with Crippen LogP contribution in [0.15, 0.2) is 54.6 Å². The normalized spacial score (nSPS) is 10.6. The standard InChI is InChI=1S/C20H17FN2O4/c1-13-9-19(14(2)22(13)16-6-3-5-15(21)10-16)20(24)12-27-18-8-4-7-17(11-18)23(25)26/h3-11H,12H2,1-2H3. The molecule has 138 valence electrons. The maximum atomic E-state index is 13.5. The predicted molar refractivity (Wildman–Crippen MR) is 98.1 cm³/mol. The van der Waals surface area contributed by atoms with Crippen LogP contribution in [0.4, 0.5) is 10.1 Å². The lowest BCUT2D eigenvalue weighted by Crippen LogP contribution is -2.12. The summed E-state index contributed by atoms with van der Waals surface area (Å²) in [6.45, 7) is 3.35. The quantitative estimate of drug-likeness (QED) is 0.367. The van der Waals surface area contributed by atoms with Crippen molar-refractivity contribution < 1.29 is 18.8 Å². The second kappa shape index (κ2) is 7.41. The van der Waals surface area contributed by atoms with Crippen LogP contribution in [-0.2, 0) is 0 Å². The Morgan fingerprint density at radius 1 is 1.15 bits per heavy atom. The van der Waals surface area contributed by atoms with Gasteiger partial charge in [-0.05, 0) is 44.2 Å². The summed E-state index contributed by atoms with van der Waals surface area (Å²) in [5.74, 6) is -0.379. The molecule has 0 saturated heterocycles. The first-order valence-corrected chi connectivity index (χ1v) is 8.22. The van der Waals surface area contributed by atoms with Gasteiger partial charge in [0.2, 0.25) is 5.78 Å². The molecule has 3 aromatic rings. The monoisotopic (exact) mass is 368 g/mol. The van der Waals surface area contributed by atoms with Gasteiger partial charge in [0.15, 0.2) is 6.61 Å². The van der Waals surface area contributed by atoms with Crippen LogP contribution in [0.1, 0.15) is 21.7 Å². The summed E-state index contributed by atoms with van der Waals surface area (Å²) in [5.41, 5.74) is 2.44. The first-order valence-electron chi connectivity index (χ1n) is 8.22. The van der Waals surface area contributed by atoms with E-state index < -0.39 is 4.92 Å². The number of ether oxygens (including phenoxy) is 1. The van der Waals surface area contributed by atoms with E-state index in [2.05, 4.69) is 0 Å². The first kappa shape index (κ1) is 18.3. The number of hydrogen-bond donors (Lipinski definition) is 0. The van der Waals surface area contributed by atoms with Crippen molar-refractivity contribution in [1.29, 1.82) is 0 Å². The molecule has 0 spiro atoms. The molecule has 1 heterocycles. The number of carbonyl (C=O) groups is 1. The molecule has 0 aliphatic carbocycles. The molecule has 0 aliphatic heterocycles. The molecule has 27 heavy (non-hydrogen) atoms. The zero-order chi connectivity index (χ0) is 19.6. The molecular formula is C20H17FN2O4. The van der Waals surface area contributed by atoms with Gasteiger partial charge in [-0.15, -0.1) is 0 Å². The Morgan fingerprint density at radius 3 is 2.59 bits per heavy atom. The van der Waals surface area contributed by atoms with Crippen LogP contribution in [0.2, 0.25) is 0 Å². The number of nitro benzene ring substituents is 1. The van der Waals surface area contributed by atoms with Crippen molar-refractivity contribution in [3.63, 3.8) is 0 Å². The molecular weight excluding hydrogens is 351 g/mol. The lowest BCUT2D eigenvalue weighted by atomic mass is 10.1. The van der Waals surface area contributed by atoms with Crippen molar-refractivity contribution in [2.45, 2.75) is 13.8 Å². The Balaban J connectivity index is 1.81. The van der Waals surface area contributed by atoms with Crippen LogP contribution in [0.25, 0.3) is 5.69 Å². The van der Waals surface area contributed by atoms with Crippen LogP contribution in [0.5, 0.6) is 5.75 Å². The minimum absolute atomic E-state index is 0.107. The number of aromatic nitrogens is 1. The number of Topliss-reactive ketones (excluding diaryl/α,β-unsaturated/α-hetero) is 1. The Morgan fingerprint density at radius 2 is 1.89 bits per heavy atom. The van der Waals surface area contributed by atoms with Gasteiger partial charge in [-0.1, -0.05) is 12.1 Å². The second-order valence-electron chi connectivity index (χ2n) is 6.07. The number of non-ortho nitro benzene ring substituents is 1. The minimum Gasteiger partial charge on any atom is -0.485 e. The highest BCUT2D eigenvalue weighted by atomic mass is 19.1. The van der Waals surface area contributed by atoms with E-state index in [4.69, 9.17) is 4.74 Å². The molecule has 6 nitrogen and oxygen atoms in total. The minimum atomic E-state index is -0.526. The third-order valence-corrected chi connectivity index (χ3v) is 4.20. The van der Waals surface area contributed by atoms with E-state index >= 15 is 0 Å². The summed E-state index contributed by atoms with van der Waals surface area (Å²) in [6.07, 6.45) is 0. The zero-order valence-electron chi connectivity index (χ0n) is 14.8. The SMILES string of the molecule is Cc1cc(C(=O)COc2cccc([N+](=O)[O-])c2)c(C)n1-c1cccc(F)c1. The molecule has 0 aliphatic rings. The van der Waals surface area contributed by atoms with Crippen molar-refractivity contribution in [3.8, 4) is 11.4 Å². The molecule has 0 amide bonds. The molecule has 0 N–H and O–H groups in total. The number of ketones is 1. The van der Waals surface area contributed by atoms with E-state index in [1.54, 1.807) is 35.8 Å². The van der Waals surface area contributed by atoms with Gasteiger partial charge in [0.05, 0.1) is 11.0 Å². The van der Waals surface area contributed by atoms with Gasteiger partial charge in [-0.3, -0.25) is 14.9 Å². The summed E-state index contributed by atoms with van der Waals surface area (Å²) in [7, 11) is 0. The Bertz CT molecular complexity index is 1030. The Kier molecular flexibility index (Phi) is 5.03. The van der Waals surface area contributed by atoms with Crippen molar-refractivity contribution in [1.82, 2.24) is 4.57 Å². The fourth-order valence-corrected chi connectivity index (χ4v) is 2.97. The van der Waals surface area contributed by atoms with Gasteiger partial charge >= 0.3 is 0 Å². The van der Waals surface area contributed by atoms with E-state index in [1.807, 2.05) is 6.92 Å². The first-order chi connectivity index (χ1) is 12.9. The van der Waals surface area contributed by atoms with E-state index in [9.17, 15) is 19.3 Å². The van der Waals surface area contributed by atoms with E-state index in [-0.39, 0.29) is 29.6 Å². The second-order valence-corrected chi connectivity index (χ2v) is 6.07. The van der Waals surface area contributed by atoms with Crippen molar-refractivity contribution in [2.75, 3.05) is 6.61 Å². The average Bonchev–Trinajstić information content (AvgIpc) is 2.94. The van der Waals surface area contributed by atoms with Crippen LogP contribution in [0, 0.1) is 29.8 Å². The molecule has 0 atom stereocenters. The topological polar surface area (TPSA) is 74.4 Å². The highest BCUT2D eigenvalue weighted by Crippen LogP contribution is 2.23. The van der Waals surface area contributed by atoms with Gasteiger partial charge in [-0.25, -0.2) is 4.39 Å². The summed E-state index contributed by atoms with van der Waals surface area (Å²) in [6, 6.07) is 13.5. The smallest absolute Gasteiger partial charge is 0.273 e. The zero-order valence-corrected chi connectivity index (χ0v) is 14.8. The maximum absolute atomic E-state index is 13.5. The van der Waals surface area contributed by atoms with Crippen molar-refractivity contribution >= 4 is 11.5 Å². The molecule has 7 heteroatoms. The highest BCUT2D eigenvalue weighted by molar-refractivity contribution is 5.98. The molecule has 0 saturated carbocycles. The number of hydrogen-bond acceptors (Lipinski definition) is 4. The van der Waals surface area contributed by atoms with E-state index in [0.717, 1.165) is 5.69 Å². The summed E-state index contributed by atoms with van der Waals surface area (Å²) in [4.78, 5) is 22.9. The molecule has 0 bridgehead atoms. The third kappa shape index (κ3) is 3.87. The maximum Gasteiger partial charge on any atom is 0.273 e. The average molecular weight is 368 g/mol. The largest absolute Gasteiger partial charge is 0.485 e. The van der Waals surface area contributed by atoms with Gasteiger partial charge in [0.25, 0.3) is 5.69 Å². The Hall–Kier alpha value is -3.48. The van der Waals surface area contributed by atoms with Crippen LogP contribution in [0.3, 0.4) is 0 Å². The number of rotatable bonds is 6. The molecule has 0 fully saturated rings. The molecule has 2 aromatic carbocycles. The third-order valence-electron chi connectivity index (χ3n) is 4.20.